The Hall–Kier alpha value is -2.18. The molecule has 2 N–H and O–H groups in total. The van der Waals surface area contributed by atoms with E-state index in [2.05, 4.69) is 15.6 Å². The number of anilines is 1. The molecule has 3 heterocycles. The fourth-order valence-corrected chi connectivity index (χ4v) is 3.56. The molecule has 0 radical (unpaired) electrons. The van der Waals surface area contributed by atoms with E-state index in [1.165, 1.54) is 0 Å². The molecule has 2 aromatic rings. The lowest BCUT2D eigenvalue weighted by atomic mass is 9.90. The number of rotatable bonds is 2. The van der Waals surface area contributed by atoms with Crippen molar-refractivity contribution in [2.45, 2.75) is 30.9 Å². The Kier molecular flexibility index (Phi) is 4.08. The molecule has 2 saturated heterocycles. The second-order valence-electron chi connectivity index (χ2n) is 6.50. The van der Waals surface area contributed by atoms with Crippen molar-refractivity contribution in [1.82, 2.24) is 10.3 Å². The molecule has 2 aliphatic heterocycles. The Morgan fingerprint density at radius 1 is 1.25 bits per heavy atom. The molecule has 1 spiro atoms. The summed E-state index contributed by atoms with van der Waals surface area (Å²) in [5.74, 6) is 0. The van der Waals surface area contributed by atoms with Gasteiger partial charge in [0.1, 0.15) is 0 Å². The predicted octanol–water partition coefficient (Wildman–Crippen LogP) is 2.69. The number of urea groups is 1. The third kappa shape index (κ3) is 3.07. The van der Waals surface area contributed by atoms with Gasteiger partial charge in [-0.05, 0) is 25.0 Å². The summed E-state index contributed by atoms with van der Waals surface area (Å²) in [7, 11) is 0. The highest BCUT2D eigenvalue weighted by atomic mass is 16.6. The number of nitrogens with zero attached hydrogens (tertiary/aromatic N) is 1. The summed E-state index contributed by atoms with van der Waals surface area (Å²) in [4.78, 5) is 16.8. The monoisotopic (exact) mass is 327 g/mol. The number of aromatic nitrogens is 1. The topological polar surface area (TPSA) is 72.5 Å². The highest BCUT2D eigenvalue weighted by molar-refractivity contribution is 5.99. The Bertz CT molecular complexity index is 738. The van der Waals surface area contributed by atoms with Crippen LogP contribution in [-0.4, -0.2) is 42.5 Å². The molecule has 6 nitrogen and oxygen atoms in total. The van der Waals surface area contributed by atoms with Gasteiger partial charge >= 0.3 is 6.03 Å². The zero-order valence-electron chi connectivity index (χ0n) is 13.5. The lowest BCUT2D eigenvalue weighted by molar-refractivity contribution is -0.0877. The van der Waals surface area contributed by atoms with E-state index in [-0.39, 0.29) is 17.7 Å². The number of para-hydroxylation sites is 1. The summed E-state index contributed by atoms with van der Waals surface area (Å²) in [6, 6.07) is 9.53. The Morgan fingerprint density at radius 2 is 2.17 bits per heavy atom. The fraction of sp³-hybridized carbons (Fsp3) is 0.444. The minimum atomic E-state index is -0.211. The summed E-state index contributed by atoms with van der Waals surface area (Å²) in [5.41, 5.74) is 1.30. The van der Waals surface area contributed by atoms with Crippen molar-refractivity contribution in [1.29, 1.82) is 0 Å². The number of amides is 2. The van der Waals surface area contributed by atoms with Crippen molar-refractivity contribution in [3.63, 3.8) is 0 Å². The van der Waals surface area contributed by atoms with Crippen LogP contribution in [0.4, 0.5) is 10.5 Å². The standard InChI is InChI=1S/C18H21N3O3/c22-17(20-14-6-9-24-18(11-14)7-10-23-12-18)21-15-5-1-3-13-4-2-8-19-16(13)15/h1-5,8,14H,6-7,9-12H2,(H2,20,21,22)/t14-,18-/m1/s1. The van der Waals surface area contributed by atoms with Crippen LogP contribution in [0.1, 0.15) is 19.3 Å². The second-order valence-corrected chi connectivity index (χ2v) is 6.50. The third-order valence-electron chi connectivity index (χ3n) is 4.78. The zero-order chi connectivity index (χ0) is 16.4. The molecule has 1 aromatic carbocycles. The first kappa shape index (κ1) is 15.4. The number of ether oxygens (including phenoxy) is 2. The van der Waals surface area contributed by atoms with Crippen molar-refractivity contribution in [2.75, 3.05) is 25.1 Å². The maximum atomic E-state index is 12.4. The van der Waals surface area contributed by atoms with Gasteiger partial charge in [-0.1, -0.05) is 18.2 Å². The van der Waals surface area contributed by atoms with Crippen LogP contribution >= 0.6 is 0 Å². The van der Waals surface area contributed by atoms with Gasteiger partial charge in [-0.2, -0.15) is 0 Å². The third-order valence-corrected chi connectivity index (χ3v) is 4.78. The summed E-state index contributed by atoms with van der Waals surface area (Å²) < 4.78 is 11.4. The normalized spacial score (nSPS) is 26.6. The molecule has 0 aliphatic carbocycles. The van der Waals surface area contributed by atoms with Gasteiger partial charge in [-0.25, -0.2) is 4.79 Å². The number of nitrogens with one attached hydrogen (secondary N) is 2. The van der Waals surface area contributed by atoms with Gasteiger partial charge in [0.25, 0.3) is 0 Å². The molecule has 0 bridgehead atoms. The fourth-order valence-electron chi connectivity index (χ4n) is 3.56. The zero-order valence-corrected chi connectivity index (χ0v) is 13.5. The smallest absolute Gasteiger partial charge is 0.319 e. The molecule has 2 aliphatic rings. The molecule has 126 valence electrons. The summed E-state index contributed by atoms with van der Waals surface area (Å²) >= 11 is 0. The number of carbonyl (C=O) groups is 1. The van der Waals surface area contributed by atoms with Crippen molar-refractivity contribution in [2.24, 2.45) is 0 Å². The van der Waals surface area contributed by atoms with Crippen molar-refractivity contribution < 1.29 is 14.3 Å². The predicted molar refractivity (Wildman–Crippen MR) is 91.0 cm³/mol. The first-order chi connectivity index (χ1) is 11.7. The average Bonchev–Trinajstić information content (AvgIpc) is 3.03. The molecule has 2 fully saturated rings. The Balaban J connectivity index is 1.43. The van der Waals surface area contributed by atoms with Crippen LogP contribution < -0.4 is 10.6 Å². The van der Waals surface area contributed by atoms with Crippen molar-refractivity contribution in [3.05, 3.63) is 36.5 Å². The Morgan fingerprint density at radius 3 is 3.04 bits per heavy atom. The van der Waals surface area contributed by atoms with Crippen LogP contribution in [0.25, 0.3) is 10.9 Å². The number of benzene rings is 1. The van der Waals surface area contributed by atoms with E-state index in [1.807, 2.05) is 30.3 Å². The Labute approximate surface area is 140 Å². The van der Waals surface area contributed by atoms with E-state index in [1.54, 1.807) is 6.20 Å². The SMILES string of the molecule is O=C(Nc1cccc2cccnc12)N[C@@H]1CCO[C@]2(CCOC2)C1. The minimum Gasteiger partial charge on any atom is -0.378 e. The first-order valence-corrected chi connectivity index (χ1v) is 8.37. The molecule has 2 amide bonds. The molecule has 2 atom stereocenters. The van der Waals surface area contributed by atoms with E-state index in [9.17, 15) is 4.79 Å². The van der Waals surface area contributed by atoms with E-state index in [0.29, 0.717) is 13.2 Å². The number of fused-ring (bicyclic) bond motifs is 1. The lowest BCUT2D eigenvalue weighted by Gasteiger charge is -2.37. The minimum absolute atomic E-state index is 0.100. The lowest BCUT2D eigenvalue weighted by Crippen LogP contribution is -2.49. The van der Waals surface area contributed by atoms with Gasteiger partial charge in [-0.15, -0.1) is 0 Å². The maximum Gasteiger partial charge on any atom is 0.319 e. The number of carbonyl (C=O) groups excluding carboxylic acids is 1. The number of pyridine rings is 1. The van der Waals surface area contributed by atoms with Crippen LogP contribution in [0.5, 0.6) is 0 Å². The van der Waals surface area contributed by atoms with Gasteiger partial charge in [-0.3, -0.25) is 4.98 Å². The quantitative estimate of drug-likeness (QED) is 0.889. The van der Waals surface area contributed by atoms with Gasteiger partial charge in [0.05, 0.1) is 23.4 Å². The van der Waals surface area contributed by atoms with E-state index in [0.717, 1.165) is 42.5 Å². The second kappa shape index (κ2) is 6.37. The molecular formula is C18H21N3O3. The largest absolute Gasteiger partial charge is 0.378 e. The highest BCUT2D eigenvalue weighted by Gasteiger charge is 2.41. The van der Waals surface area contributed by atoms with Gasteiger partial charge in [0.15, 0.2) is 0 Å². The molecule has 4 rings (SSSR count). The van der Waals surface area contributed by atoms with E-state index < -0.39 is 0 Å². The van der Waals surface area contributed by atoms with Crippen LogP contribution in [0, 0.1) is 0 Å². The first-order valence-electron chi connectivity index (χ1n) is 8.37. The maximum absolute atomic E-state index is 12.4. The van der Waals surface area contributed by atoms with E-state index in [4.69, 9.17) is 9.47 Å². The summed E-state index contributed by atoms with van der Waals surface area (Å²) in [6.45, 7) is 2.02. The van der Waals surface area contributed by atoms with Crippen LogP contribution in [0.2, 0.25) is 0 Å². The molecule has 0 unspecified atom stereocenters. The van der Waals surface area contributed by atoms with Crippen LogP contribution in [0.15, 0.2) is 36.5 Å². The molecular weight excluding hydrogens is 306 g/mol. The molecule has 24 heavy (non-hydrogen) atoms. The number of hydrogen-bond donors (Lipinski definition) is 2. The van der Waals surface area contributed by atoms with Crippen molar-refractivity contribution >= 4 is 22.6 Å². The highest BCUT2D eigenvalue weighted by Crippen LogP contribution is 2.32. The van der Waals surface area contributed by atoms with Crippen molar-refractivity contribution in [3.8, 4) is 0 Å². The molecule has 1 aromatic heterocycles. The summed E-state index contributed by atoms with van der Waals surface area (Å²) in [6.07, 6.45) is 4.25. The molecule has 6 heteroatoms. The number of hydrogen-bond acceptors (Lipinski definition) is 4. The van der Waals surface area contributed by atoms with Gasteiger partial charge in [0, 0.05) is 37.3 Å². The van der Waals surface area contributed by atoms with Crippen LogP contribution in [-0.2, 0) is 9.47 Å². The van der Waals surface area contributed by atoms with Crippen LogP contribution in [0.3, 0.4) is 0 Å². The molecule has 0 saturated carbocycles. The van der Waals surface area contributed by atoms with E-state index >= 15 is 0 Å². The average molecular weight is 327 g/mol. The summed E-state index contributed by atoms with van der Waals surface area (Å²) in [5, 5.41) is 7.00. The van der Waals surface area contributed by atoms with Gasteiger partial charge in [0.2, 0.25) is 0 Å². The van der Waals surface area contributed by atoms with Gasteiger partial charge < -0.3 is 20.1 Å².